The Balaban J connectivity index is 1.57. The Kier molecular flexibility index (Phi) is 6.15. The number of amides is 2. The van der Waals surface area contributed by atoms with Gasteiger partial charge in [-0.1, -0.05) is 30.3 Å². The molecular weight excluding hydrogens is 354 g/mol. The fourth-order valence-electron chi connectivity index (χ4n) is 3.08. The van der Waals surface area contributed by atoms with Crippen LogP contribution in [0.15, 0.2) is 4.52 Å². The molecule has 1 saturated heterocycles. The van der Waals surface area contributed by atoms with Crippen LogP contribution in [0.5, 0.6) is 0 Å². The van der Waals surface area contributed by atoms with E-state index in [0.29, 0.717) is 23.4 Å². The smallest absolute Gasteiger partial charge is 0.324 e. The van der Waals surface area contributed by atoms with E-state index in [1.54, 1.807) is 11.8 Å². The number of nitrogens with one attached hydrogen (secondary N) is 1. The van der Waals surface area contributed by atoms with Crippen LogP contribution in [0, 0.1) is 6.92 Å². The number of anilines is 1. The molecule has 1 N–H and O–H groups in total. The largest absolute Gasteiger partial charge is 0.337 e. The molecule has 3 heterocycles. The van der Waals surface area contributed by atoms with Crippen molar-refractivity contribution < 1.29 is 9.32 Å². The van der Waals surface area contributed by atoms with E-state index < -0.39 is 0 Å². The van der Waals surface area contributed by atoms with E-state index in [0.717, 1.165) is 43.9 Å². The molecule has 1 fully saturated rings. The first-order valence-electron chi connectivity index (χ1n) is 9.03. The van der Waals surface area contributed by atoms with Gasteiger partial charge in [0.05, 0.1) is 0 Å². The summed E-state index contributed by atoms with van der Waals surface area (Å²) in [6.07, 6.45) is 2.56. The fraction of sp³-hybridized carbons (Fsp3) is 0.688. The van der Waals surface area contributed by atoms with Gasteiger partial charge in [-0.15, -0.1) is 10.2 Å². The number of carbonyl (C=O) groups is 1. The Hall–Kier alpha value is -2.07. The van der Waals surface area contributed by atoms with Gasteiger partial charge >= 0.3 is 6.03 Å². The predicted octanol–water partition coefficient (Wildman–Crippen LogP) is 2.48. The lowest BCUT2D eigenvalue weighted by atomic mass is 10.2. The summed E-state index contributed by atoms with van der Waals surface area (Å²) >= 11 is 1.43. The number of nitrogens with zero attached hydrogens (tertiary/aromatic N) is 6. The summed E-state index contributed by atoms with van der Waals surface area (Å²) in [5.74, 6) is 1.07. The second kappa shape index (κ2) is 8.54. The second-order valence-electron chi connectivity index (χ2n) is 6.24. The molecule has 0 saturated carbocycles. The Morgan fingerprint density at radius 3 is 2.88 bits per heavy atom. The van der Waals surface area contributed by atoms with Crippen molar-refractivity contribution in [2.75, 3.05) is 31.5 Å². The Morgan fingerprint density at radius 1 is 1.38 bits per heavy atom. The van der Waals surface area contributed by atoms with Gasteiger partial charge in [-0.3, -0.25) is 5.32 Å². The van der Waals surface area contributed by atoms with Gasteiger partial charge in [0.15, 0.2) is 5.82 Å². The van der Waals surface area contributed by atoms with Gasteiger partial charge in [-0.2, -0.15) is 4.98 Å². The number of aryl methyl sites for hydroxylation is 1. The van der Waals surface area contributed by atoms with Crippen LogP contribution in [0.2, 0.25) is 0 Å². The van der Waals surface area contributed by atoms with Crippen LogP contribution in [0.3, 0.4) is 0 Å². The van der Waals surface area contributed by atoms with Crippen molar-refractivity contribution in [2.45, 2.75) is 46.1 Å². The molecule has 0 spiro atoms. The minimum Gasteiger partial charge on any atom is -0.337 e. The van der Waals surface area contributed by atoms with E-state index in [2.05, 4.69) is 44.4 Å². The third kappa shape index (κ3) is 4.36. The van der Waals surface area contributed by atoms with Gasteiger partial charge in [-0.25, -0.2) is 4.79 Å². The number of urea groups is 1. The first kappa shape index (κ1) is 18.7. The third-order valence-corrected chi connectivity index (χ3v) is 5.46. The van der Waals surface area contributed by atoms with Gasteiger partial charge in [-0.05, 0) is 32.9 Å². The SMILES string of the molecule is CCN(CC)CCc1nnc(NC(=O)N2CCC[C@H]2c2nc(C)no2)s1. The first-order valence-corrected chi connectivity index (χ1v) is 9.85. The van der Waals surface area contributed by atoms with Crippen molar-refractivity contribution in [3.05, 3.63) is 16.7 Å². The molecule has 1 aliphatic rings. The average Bonchev–Trinajstić information content (AvgIpc) is 3.36. The summed E-state index contributed by atoms with van der Waals surface area (Å²) < 4.78 is 5.25. The quantitative estimate of drug-likeness (QED) is 0.789. The molecule has 0 aliphatic carbocycles. The zero-order valence-electron chi connectivity index (χ0n) is 15.4. The molecule has 1 atom stereocenters. The zero-order chi connectivity index (χ0) is 18.5. The van der Waals surface area contributed by atoms with Crippen LogP contribution in [-0.2, 0) is 6.42 Å². The normalized spacial score (nSPS) is 17.2. The van der Waals surface area contributed by atoms with Crippen molar-refractivity contribution in [1.82, 2.24) is 30.1 Å². The van der Waals surface area contributed by atoms with Crippen LogP contribution < -0.4 is 5.32 Å². The van der Waals surface area contributed by atoms with E-state index in [1.807, 2.05) is 0 Å². The fourth-order valence-corrected chi connectivity index (χ4v) is 3.80. The van der Waals surface area contributed by atoms with Crippen molar-refractivity contribution in [3.8, 4) is 0 Å². The summed E-state index contributed by atoms with van der Waals surface area (Å²) in [7, 11) is 0. The van der Waals surface area contributed by atoms with E-state index in [4.69, 9.17) is 4.52 Å². The van der Waals surface area contributed by atoms with Crippen molar-refractivity contribution >= 4 is 22.5 Å². The van der Waals surface area contributed by atoms with Crippen LogP contribution >= 0.6 is 11.3 Å². The molecule has 9 nitrogen and oxygen atoms in total. The Morgan fingerprint density at radius 2 is 2.19 bits per heavy atom. The van der Waals surface area contributed by atoms with Crippen molar-refractivity contribution in [3.63, 3.8) is 0 Å². The monoisotopic (exact) mass is 379 g/mol. The lowest BCUT2D eigenvalue weighted by Gasteiger charge is -2.21. The first-order chi connectivity index (χ1) is 12.6. The van der Waals surface area contributed by atoms with E-state index in [1.165, 1.54) is 11.3 Å². The summed E-state index contributed by atoms with van der Waals surface area (Å²) in [6.45, 7) is 9.70. The number of rotatable bonds is 7. The van der Waals surface area contributed by atoms with Gasteiger partial charge < -0.3 is 14.3 Å². The molecular formula is C16H25N7O2S. The van der Waals surface area contributed by atoms with Crippen LogP contribution in [0.1, 0.15) is 49.5 Å². The maximum absolute atomic E-state index is 12.6. The lowest BCUT2D eigenvalue weighted by Crippen LogP contribution is -2.34. The van der Waals surface area contributed by atoms with Gasteiger partial charge in [0, 0.05) is 19.5 Å². The highest BCUT2D eigenvalue weighted by atomic mass is 32.1. The second-order valence-corrected chi connectivity index (χ2v) is 7.30. The van der Waals surface area contributed by atoms with Crippen molar-refractivity contribution in [2.24, 2.45) is 0 Å². The van der Waals surface area contributed by atoms with Crippen LogP contribution in [0.25, 0.3) is 0 Å². The molecule has 0 bridgehead atoms. The molecule has 0 radical (unpaired) electrons. The molecule has 1 aliphatic heterocycles. The number of hydrogen-bond donors (Lipinski definition) is 1. The highest BCUT2D eigenvalue weighted by Crippen LogP contribution is 2.31. The molecule has 3 rings (SSSR count). The maximum atomic E-state index is 12.6. The van der Waals surface area contributed by atoms with E-state index in [9.17, 15) is 4.79 Å². The van der Waals surface area contributed by atoms with E-state index in [-0.39, 0.29) is 12.1 Å². The molecule has 26 heavy (non-hydrogen) atoms. The van der Waals surface area contributed by atoms with Crippen molar-refractivity contribution in [1.29, 1.82) is 0 Å². The minimum atomic E-state index is -0.199. The number of hydrogen-bond acceptors (Lipinski definition) is 8. The number of likely N-dealkylation sites (tertiary alicyclic amines) is 1. The topological polar surface area (TPSA) is 100 Å². The molecule has 2 aromatic heterocycles. The van der Waals surface area contributed by atoms with Crippen LogP contribution in [0.4, 0.5) is 9.93 Å². The zero-order valence-corrected chi connectivity index (χ0v) is 16.3. The number of aromatic nitrogens is 4. The minimum absolute atomic E-state index is 0.175. The summed E-state index contributed by atoms with van der Waals surface area (Å²) in [4.78, 5) is 21.0. The molecule has 2 aromatic rings. The molecule has 0 unspecified atom stereocenters. The number of carbonyl (C=O) groups excluding carboxylic acids is 1. The maximum Gasteiger partial charge on any atom is 0.324 e. The van der Waals surface area contributed by atoms with Gasteiger partial charge in [0.1, 0.15) is 11.0 Å². The number of likely N-dealkylation sites (N-methyl/N-ethyl adjacent to an activating group) is 1. The molecule has 10 heteroatoms. The van der Waals surface area contributed by atoms with Crippen LogP contribution in [-0.4, -0.2) is 62.3 Å². The molecule has 0 aromatic carbocycles. The highest BCUT2D eigenvalue weighted by Gasteiger charge is 2.34. The lowest BCUT2D eigenvalue weighted by molar-refractivity contribution is 0.193. The van der Waals surface area contributed by atoms with Gasteiger partial charge in [0.2, 0.25) is 11.0 Å². The Bertz CT molecular complexity index is 728. The summed E-state index contributed by atoms with van der Waals surface area (Å²) in [6, 6.07) is -0.374. The molecule has 2 amide bonds. The third-order valence-electron chi connectivity index (χ3n) is 4.56. The predicted molar refractivity (Wildman–Crippen MR) is 98.1 cm³/mol. The average molecular weight is 379 g/mol. The van der Waals surface area contributed by atoms with E-state index >= 15 is 0 Å². The summed E-state index contributed by atoms with van der Waals surface area (Å²) in [5, 5.41) is 16.4. The Labute approximate surface area is 156 Å². The van der Waals surface area contributed by atoms with Gasteiger partial charge in [0.25, 0.3) is 0 Å². The standard InChI is InChI=1S/C16H25N7O2S/c1-4-22(5-2)10-8-13-19-20-15(26-13)18-16(24)23-9-6-7-12(23)14-17-11(3)21-25-14/h12H,4-10H2,1-3H3,(H,18,20,24)/t12-/m0/s1. The highest BCUT2D eigenvalue weighted by molar-refractivity contribution is 7.15. The molecule has 142 valence electrons. The summed E-state index contributed by atoms with van der Waals surface area (Å²) in [5.41, 5.74) is 0.